The number of carbonyl (C=O) groups is 3. The van der Waals surface area contributed by atoms with Crippen molar-refractivity contribution in [2.24, 2.45) is 0 Å². The van der Waals surface area contributed by atoms with E-state index < -0.39 is 5.54 Å². The van der Waals surface area contributed by atoms with Gasteiger partial charge in [0, 0.05) is 51.0 Å². The first-order chi connectivity index (χ1) is 16.4. The van der Waals surface area contributed by atoms with E-state index in [0.29, 0.717) is 18.8 Å². The van der Waals surface area contributed by atoms with E-state index in [4.69, 9.17) is 0 Å². The molecule has 1 saturated carbocycles. The summed E-state index contributed by atoms with van der Waals surface area (Å²) in [6.07, 6.45) is 4.18. The van der Waals surface area contributed by atoms with Crippen LogP contribution in [-0.4, -0.2) is 82.1 Å². The number of anilines is 1. The quantitative estimate of drug-likeness (QED) is 0.745. The highest BCUT2D eigenvalue weighted by Gasteiger charge is 2.47. The second-order valence-corrected chi connectivity index (χ2v) is 9.78. The van der Waals surface area contributed by atoms with Crippen molar-refractivity contribution in [3.05, 3.63) is 47.8 Å². The zero-order chi connectivity index (χ0) is 23.9. The number of para-hydroxylation sites is 1. The maximum absolute atomic E-state index is 13.2. The summed E-state index contributed by atoms with van der Waals surface area (Å²) in [7, 11) is 1.65. The molecule has 0 bridgehead atoms. The molecule has 34 heavy (non-hydrogen) atoms. The molecule has 1 aromatic carbocycles. The third-order valence-electron chi connectivity index (χ3n) is 7.59. The van der Waals surface area contributed by atoms with Gasteiger partial charge in [0.05, 0.1) is 6.54 Å². The lowest BCUT2D eigenvalue weighted by Gasteiger charge is -2.41. The predicted molar refractivity (Wildman–Crippen MR) is 128 cm³/mol. The number of rotatable bonds is 4. The van der Waals surface area contributed by atoms with Crippen molar-refractivity contribution in [3.63, 3.8) is 0 Å². The van der Waals surface area contributed by atoms with Gasteiger partial charge >= 0.3 is 0 Å². The predicted octanol–water partition coefficient (Wildman–Crippen LogP) is 1.75. The highest BCUT2D eigenvalue weighted by molar-refractivity contribution is 6.01. The lowest BCUT2D eigenvalue weighted by molar-refractivity contribution is -0.133. The number of nitrogens with zero attached hydrogens (tertiary/aromatic N) is 5. The van der Waals surface area contributed by atoms with Crippen LogP contribution in [0.3, 0.4) is 0 Å². The van der Waals surface area contributed by atoms with Crippen LogP contribution in [0, 0.1) is 0 Å². The Morgan fingerprint density at radius 2 is 1.74 bits per heavy atom. The number of aromatic nitrogens is 2. The smallest absolute Gasteiger partial charge is 0.274 e. The molecule has 0 spiro atoms. The molecule has 3 aliphatic rings. The molecule has 9 nitrogen and oxygen atoms in total. The van der Waals surface area contributed by atoms with Crippen LogP contribution in [0.15, 0.2) is 36.4 Å². The second-order valence-electron chi connectivity index (χ2n) is 9.78. The molecule has 9 heteroatoms. The Balaban J connectivity index is 1.29. The molecule has 3 heterocycles. The van der Waals surface area contributed by atoms with Gasteiger partial charge in [-0.3, -0.25) is 19.1 Å². The number of likely N-dealkylation sites (N-methyl/N-ethyl adjacent to an activating group) is 1. The fraction of sp³-hybridized carbons (Fsp3) is 0.520. The van der Waals surface area contributed by atoms with Crippen molar-refractivity contribution in [2.45, 2.75) is 50.7 Å². The largest absolute Gasteiger partial charge is 0.368 e. The summed E-state index contributed by atoms with van der Waals surface area (Å²) in [5, 5.41) is 7.60. The third-order valence-corrected chi connectivity index (χ3v) is 7.59. The topological polar surface area (TPSA) is 90.8 Å². The highest BCUT2D eigenvalue weighted by atomic mass is 16.2. The molecular weight excluding hydrogens is 432 g/mol. The van der Waals surface area contributed by atoms with E-state index in [0.717, 1.165) is 44.5 Å². The first-order valence-corrected chi connectivity index (χ1v) is 12.1. The van der Waals surface area contributed by atoms with Crippen LogP contribution in [0.5, 0.6) is 0 Å². The molecule has 2 aromatic rings. The Morgan fingerprint density at radius 3 is 2.41 bits per heavy atom. The van der Waals surface area contributed by atoms with Crippen LogP contribution < -0.4 is 10.2 Å². The van der Waals surface area contributed by atoms with Gasteiger partial charge in [0.2, 0.25) is 5.91 Å². The van der Waals surface area contributed by atoms with Crippen LogP contribution in [-0.2, 0) is 11.3 Å². The Labute approximate surface area is 199 Å². The summed E-state index contributed by atoms with van der Waals surface area (Å²) in [4.78, 5) is 45.0. The Hall–Kier alpha value is -3.36. The van der Waals surface area contributed by atoms with Crippen molar-refractivity contribution >= 4 is 23.4 Å². The summed E-state index contributed by atoms with van der Waals surface area (Å²) in [5.74, 6) is -0.640. The number of fused-ring (bicyclic) bond motifs is 1. The molecular formula is C25H32N6O3. The fourth-order valence-electron chi connectivity index (χ4n) is 5.21. The van der Waals surface area contributed by atoms with Crippen molar-refractivity contribution in [2.75, 3.05) is 38.1 Å². The standard InChI is InChI=1S/C25H32N6O3/c1-25(24(34)26-18-8-6-7-9-18)17-31-21(23(33)28(25)2)16-20(27-31)22(32)30-14-12-29(13-15-30)19-10-4-3-5-11-19/h3-5,10-11,16,18H,6-9,12-15,17H2,1-2H3,(H,26,34). The van der Waals surface area contributed by atoms with Gasteiger partial charge in [-0.2, -0.15) is 5.10 Å². The maximum Gasteiger partial charge on any atom is 0.274 e. The van der Waals surface area contributed by atoms with Gasteiger partial charge in [0.25, 0.3) is 11.8 Å². The Morgan fingerprint density at radius 1 is 1.06 bits per heavy atom. The number of nitrogens with one attached hydrogen (secondary N) is 1. The first-order valence-electron chi connectivity index (χ1n) is 12.1. The van der Waals surface area contributed by atoms with Gasteiger partial charge in [0.15, 0.2) is 5.69 Å². The van der Waals surface area contributed by atoms with Crippen LogP contribution in [0.25, 0.3) is 0 Å². The van der Waals surface area contributed by atoms with Crippen molar-refractivity contribution < 1.29 is 14.4 Å². The van der Waals surface area contributed by atoms with Crippen LogP contribution >= 0.6 is 0 Å². The van der Waals surface area contributed by atoms with E-state index in [2.05, 4.69) is 27.4 Å². The van der Waals surface area contributed by atoms with Gasteiger partial charge in [-0.15, -0.1) is 0 Å². The molecule has 1 saturated heterocycles. The van der Waals surface area contributed by atoms with Crippen molar-refractivity contribution in [3.8, 4) is 0 Å². The zero-order valence-electron chi connectivity index (χ0n) is 19.9. The van der Waals surface area contributed by atoms with Gasteiger partial charge in [-0.1, -0.05) is 31.0 Å². The van der Waals surface area contributed by atoms with E-state index >= 15 is 0 Å². The van der Waals surface area contributed by atoms with Crippen molar-refractivity contribution in [1.82, 2.24) is 24.9 Å². The van der Waals surface area contributed by atoms with Gasteiger partial charge < -0.3 is 20.0 Å². The fourth-order valence-corrected chi connectivity index (χ4v) is 5.21. The third kappa shape index (κ3) is 3.93. The number of hydrogen-bond donors (Lipinski definition) is 1. The maximum atomic E-state index is 13.2. The molecule has 3 amide bonds. The van der Waals surface area contributed by atoms with Gasteiger partial charge in [-0.25, -0.2) is 0 Å². The molecule has 5 rings (SSSR count). The normalized spacial score (nSPS) is 23.2. The first kappa shape index (κ1) is 22.4. The molecule has 180 valence electrons. The second kappa shape index (κ2) is 8.77. The minimum atomic E-state index is -1.06. The number of amides is 3. The monoisotopic (exact) mass is 464 g/mol. The van der Waals surface area contributed by atoms with E-state index in [9.17, 15) is 14.4 Å². The highest BCUT2D eigenvalue weighted by Crippen LogP contribution is 2.28. The van der Waals surface area contributed by atoms with Gasteiger partial charge in [0.1, 0.15) is 11.2 Å². The van der Waals surface area contributed by atoms with E-state index in [1.54, 1.807) is 24.9 Å². The molecule has 1 atom stereocenters. The summed E-state index contributed by atoms with van der Waals surface area (Å²) >= 11 is 0. The summed E-state index contributed by atoms with van der Waals surface area (Å²) in [6, 6.07) is 11.9. The average molecular weight is 465 g/mol. The lowest BCUT2D eigenvalue weighted by atomic mass is 9.95. The molecule has 2 fully saturated rings. The molecule has 2 aliphatic heterocycles. The molecule has 1 N–H and O–H groups in total. The Kier molecular flexibility index (Phi) is 5.79. The van der Waals surface area contributed by atoms with Crippen LogP contribution in [0.2, 0.25) is 0 Å². The molecule has 0 radical (unpaired) electrons. The average Bonchev–Trinajstić information content (AvgIpc) is 3.53. The molecule has 1 unspecified atom stereocenters. The Bertz CT molecular complexity index is 1090. The van der Waals surface area contributed by atoms with Crippen molar-refractivity contribution in [1.29, 1.82) is 0 Å². The number of carbonyl (C=O) groups excluding carboxylic acids is 3. The van der Waals surface area contributed by atoms with Gasteiger partial charge in [-0.05, 0) is 31.9 Å². The zero-order valence-corrected chi connectivity index (χ0v) is 19.9. The summed E-state index contributed by atoms with van der Waals surface area (Å²) < 4.78 is 1.53. The number of hydrogen-bond acceptors (Lipinski definition) is 5. The lowest BCUT2D eigenvalue weighted by Crippen LogP contribution is -2.63. The van der Waals surface area contributed by atoms with E-state index in [-0.39, 0.29) is 36.0 Å². The number of benzene rings is 1. The van der Waals surface area contributed by atoms with Crippen LogP contribution in [0.4, 0.5) is 5.69 Å². The molecule has 1 aromatic heterocycles. The minimum absolute atomic E-state index is 0.165. The summed E-state index contributed by atoms with van der Waals surface area (Å²) in [6.45, 7) is 4.65. The minimum Gasteiger partial charge on any atom is -0.368 e. The number of piperazine rings is 1. The molecule has 1 aliphatic carbocycles. The SMILES string of the molecule is CN1C(=O)c2cc(C(=O)N3CCN(c4ccccc4)CC3)nn2CC1(C)C(=O)NC1CCCC1. The summed E-state index contributed by atoms with van der Waals surface area (Å²) in [5.41, 5.74) is 0.696. The van der Waals surface area contributed by atoms with E-state index in [1.807, 2.05) is 18.2 Å². The van der Waals surface area contributed by atoms with E-state index in [1.165, 1.54) is 9.58 Å². The van der Waals surface area contributed by atoms with Crippen LogP contribution in [0.1, 0.15) is 53.6 Å².